The molecule has 0 aromatic rings. The topological polar surface area (TPSA) is 20.3 Å². The van der Waals surface area contributed by atoms with Gasteiger partial charge in [-0.15, -0.1) is 0 Å². The molecule has 0 aromatic carbocycles. The Kier molecular flexibility index (Phi) is 4.05. The lowest BCUT2D eigenvalue weighted by molar-refractivity contribution is -0.113. The van der Waals surface area contributed by atoms with Crippen molar-refractivity contribution in [3.63, 3.8) is 0 Å². The minimum Gasteiger partial charge on any atom is -0.378 e. The number of hydrogen-bond donors (Lipinski definition) is 0. The Morgan fingerprint density at radius 2 is 1.75 bits per heavy atom. The van der Waals surface area contributed by atoms with Gasteiger partial charge in [0.25, 0.3) is 0 Å². The zero-order chi connectivity index (χ0) is 9.72. The van der Waals surface area contributed by atoms with Gasteiger partial charge in [0.05, 0.1) is 0 Å². The van der Waals surface area contributed by atoms with Gasteiger partial charge in [-0.1, -0.05) is 13.2 Å². The largest absolute Gasteiger partial charge is 0.378 e. The highest BCUT2D eigenvalue weighted by Gasteiger charge is 1.94. The lowest BCUT2D eigenvalue weighted by atomic mass is 10.2. The maximum absolute atomic E-state index is 10.7. The summed E-state index contributed by atoms with van der Waals surface area (Å²) >= 11 is 0. The second-order valence-electron chi connectivity index (χ2n) is 2.80. The summed E-state index contributed by atoms with van der Waals surface area (Å²) in [6, 6.07) is 0. The van der Waals surface area contributed by atoms with Crippen molar-refractivity contribution >= 4 is 5.78 Å². The number of nitrogens with zero attached hydrogens (tertiary/aromatic N) is 1. The van der Waals surface area contributed by atoms with Crippen LogP contribution in [0.2, 0.25) is 0 Å². The quantitative estimate of drug-likeness (QED) is 0.467. The fraction of sp³-hybridized carbons (Fsp3) is 0.300. The summed E-state index contributed by atoms with van der Waals surface area (Å²) in [4.78, 5) is 12.6. The van der Waals surface area contributed by atoms with Crippen molar-refractivity contribution in [2.75, 3.05) is 14.1 Å². The van der Waals surface area contributed by atoms with Crippen LogP contribution in [0.4, 0.5) is 0 Å². The number of likely N-dealkylation sites (N-methyl/N-ethyl adjacent to an activating group) is 1. The molecule has 0 saturated carbocycles. The summed E-state index contributed by atoms with van der Waals surface area (Å²) in [5.74, 6) is -0.0159. The summed E-state index contributed by atoms with van der Waals surface area (Å²) in [6.07, 6.45) is 3.44. The summed E-state index contributed by atoms with van der Waals surface area (Å²) < 4.78 is 0. The van der Waals surface area contributed by atoms with Crippen LogP contribution < -0.4 is 0 Å². The second-order valence-corrected chi connectivity index (χ2v) is 2.80. The Balaban J connectivity index is 4.17. The lowest BCUT2D eigenvalue weighted by Gasteiger charge is -2.10. The van der Waals surface area contributed by atoms with E-state index in [4.69, 9.17) is 0 Å². The zero-order valence-corrected chi connectivity index (χ0v) is 7.92. The number of ketones is 1. The Morgan fingerprint density at radius 3 is 2.08 bits per heavy atom. The molecule has 0 aliphatic carbocycles. The molecule has 2 nitrogen and oxygen atoms in total. The molecule has 0 fully saturated rings. The van der Waals surface area contributed by atoms with Gasteiger partial charge in [-0.2, -0.15) is 0 Å². The first-order chi connectivity index (χ1) is 5.45. The van der Waals surface area contributed by atoms with E-state index in [1.807, 2.05) is 19.0 Å². The standard InChI is InChI=1S/C10H15NO/c1-8(10(3)12)6-7-9(2)11(4)5/h6-7H,1-2H2,3-5H3/b7-6-. The minimum atomic E-state index is -0.0159. The first-order valence-electron chi connectivity index (χ1n) is 3.69. The van der Waals surface area contributed by atoms with Crippen LogP contribution in [0.25, 0.3) is 0 Å². The molecule has 0 bridgehead atoms. The molecule has 66 valence electrons. The molecule has 2 heteroatoms. The molecule has 0 atom stereocenters. The predicted molar refractivity (Wildman–Crippen MR) is 51.8 cm³/mol. The van der Waals surface area contributed by atoms with Crippen LogP contribution >= 0.6 is 0 Å². The van der Waals surface area contributed by atoms with Gasteiger partial charge in [0.1, 0.15) is 0 Å². The van der Waals surface area contributed by atoms with Crippen LogP contribution in [0.15, 0.2) is 36.6 Å². The van der Waals surface area contributed by atoms with Crippen LogP contribution in [0.1, 0.15) is 6.92 Å². The molecule has 0 aliphatic rings. The molecular formula is C10H15NO. The first kappa shape index (κ1) is 10.7. The monoisotopic (exact) mass is 165 g/mol. The summed E-state index contributed by atoms with van der Waals surface area (Å²) in [5, 5.41) is 0. The van der Waals surface area contributed by atoms with Crippen molar-refractivity contribution < 1.29 is 4.79 Å². The van der Waals surface area contributed by atoms with E-state index in [0.29, 0.717) is 5.57 Å². The van der Waals surface area contributed by atoms with Crippen LogP contribution in [0.3, 0.4) is 0 Å². The molecule has 0 aromatic heterocycles. The number of rotatable bonds is 4. The molecule has 0 spiro atoms. The molecule has 0 saturated heterocycles. The van der Waals surface area contributed by atoms with Crippen LogP contribution in [0.5, 0.6) is 0 Å². The zero-order valence-electron chi connectivity index (χ0n) is 7.92. The fourth-order valence-electron chi connectivity index (χ4n) is 0.463. The van der Waals surface area contributed by atoms with E-state index in [0.717, 1.165) is 5.70 Å². The molecule has 0 N–H and O–H groups in total. The van der Waals surface area contributed by atoms with Crippen LogP contribution in [0, 0.1) is 0 Å². The molecule has 0 rings (SSSR count). The number of hydrogen-bond acceptors (Lipinski definition) is 2. The third-order valence-electron chi connectivity index (χ3n) is 1.50. The van der Waals surface area contributed by atoms with Crippen molar-refractivity contribution in [2.24, 2.45) is 0 Å². The van der Waals surface area contributed by atoms with Crippen LogP contribution in [-0.2, 0) is 4.79 Å². The van der Waals surface area contributed by atoms with E-state index < -0.39 is 0 Å². The minimum absolute atomic E-state index is 0.0159. The Morgan fingerprint density at radius 1 is 1.25 bits per heavy atom. The number of Topliss-reactive ketones (excluding diaryl/α,β-unsaturated/α-hetero) is 1. The number of allylic oxidation sites excluding steroid dienone is 3. The average molecular weight is 165 g/mol. The van der Waals surface area contributed by atoms with E-state index in [1.165, 1.54) is 6.92 Å². The Bertz CT molecular complexity index is 236. The van der Waals surface area contributed by atoms with Gasteiger partial charge >= 0.3 is 0 Å². The van der Waals surface area contributed by atoms with E-state index in [9.17, 15) is 4.79 Å². The molecule has 0 amide bonds. The van der Waals surface area contributed by atoms with Crippen molar-refractivity contribution in [3.05, 3.63) is 36.6 Å². The van der Waals surface area contributed by atoms with Gasteiger partial charge in [0, 0.05) is 25.4 Å². The highest BCUT2D eigenvalue weighted by Crippen LogP contribution is 2.00. The van der Waals surface area contributed by atoms with Gasteiger partial charge < -0.3 is 4.90 Å². The molecule has 0 unspecified atom stereocenters. The highest BCUT2D eigenvalue weighted by molar-refractivity contribution is 5.95. The smallest absolute Gasteiger partial charge is 0.159 e. The van der Waals surface area contributed by atoms with Gasteiger partial charge in [-0.05, 0) is 19.1 Å². The molecule has 0 aliphatic heterocycles. The van der Waals surface area contributed by atoms with Crippen molar-refractivity contribution in [3.8, 4) is 0 Å². The maximum Gasteiger partial charge on any atom is 0.159 e. The Labute approximate surface area is 73.9 Å². The SMILES string of the molecule is C=C(/C=C\C(=C)N(C)C)C(C)=O. The summed E-state index contributed by atoms with van der Waals surface area (Å²) in [6.45, 7) is 8.85. The second kappa shape index (κ2) is 4.54. The number of carbonyl (C=O) groups excluding carboxylic acids is 1. The first-order valence-corrected chi connectivity index (χ1v) is 3.69. The summed E-state index contributed by atoms with van der Waals surface area (Å²) in [5.41, 5.74) is 1.34. The average Bonchev–Trinajstić information content (AvgIpc) is 1.98. The maximum atomic E-state index is 10.7. The third kappa shape index (κ3) is 3.76. The van der Waals surface area contributed by atoms with Gasteiger partial charge in [-0.25, -0.2) is 0 Å². The van der Waals surface area contributed by atoms with Gasteiger partial charge in [-0.3, -0.25) is 4.79 Å². The lowest BCUT2D eigenvalue weighted by Crippen LogP contribution is -2.07. The van der Waals surface area contributed by atoms with Crippen molar-refractivity contribution in [1.82, 2.24) is 4.90 Å². The van der Waals surface area contributed by atoms with Crippen LogP contribution in [-0.4, -0.2) is 24.8 Å². The molecular weight excluding hydrogens is 150 g/mol. The predicted octanol–water partition coefficient (Wildman–Crippen LogP) is 1.76. The van der Waals surface area contributed by atoms with Crippen molar-refractivity contribution in [1.29, 1.82) is 0 Å². The number of carbonyl (C=O) groups is 1. The van der Waals surface area contributed by atoms with Gasteiger partial charge in [0.15, 0.2) is 5.78 Å². The van der Waals surface area contributed by atoms with Crippen molar-refractivity contribution in [2.45, 2.75) is 6.92 Å². The molecule has 12 heavy (non-hydrogen) atoms. The Hall–Kier alpha value is -1.31. The van der Waals surface area contributed by atoms with E-state index in [1.54, 1.807) is 12.2 Å². The molecule has 0 heterocycles. The highest BCUT2D eigenvalue weighted by atomic mass is 16.1. The summed E-state index contributed by atoms with van der Waals surface area (Å²) in [7, 11) is 3.78. The van der Waals surface area contributed by atoms with E-state index in [-0.39, 0.29) is 5.78 Å². The van der Waals surface area contributed by atoms with E-state index >= 15 is 0 Å². The molecule has 0 radical (unpaired) electrons. The van der Waals surface area contributed by atoms with E-state index in [2.05, 4.69) is 13.2 Å². The fourth-order valence-corrected chi connectivity index (χ4v) is 0.463. The third-order valence-corrected chi connectivity index (χ3v) is 1.50. The van der Waals surface area contributed by atoms with Gasteiger partial charge in [0.2, 0.25) is 0 Å². The normalized spacial score (nSPS) is 9.92.